The first-order chi connectivity index (χ1) is 9.13. The zero-order valence-electron chi connectivity index (χ0n) is 11.8. The second-order valence-corrected chi connectivity index (χ2v) is 6.65. The summed E-state index contributed by atoms with van der Waals surface area (Å²) in [5.41, 5.74) is 2.38. The van der Waals surface area contributed by atoms with Crippen molar-refractivity contribution in [1.29, 1.82) is 0 Å². The summed E-state index contributed by atoms with van der Waals surface area (Å²) in [6.45, 7) is 5.35. The standard InChI is InChI=1S/C15H21N3S/c1-10-4-7-14-13(8-10)17-15(19-14)16-9-11(2)18(3)12-5-6-12/h4,7-8,11-12H,5-6,9H2,1-3H3,(H,16,17). The van der Waals surface area contributed by atoms with Crippen molar-refractivity contribution in [1.82, 2.24) is 9.88 Å². The van der Waals surface area contributed by atoms with Gasteiger partial charge in [0, 0.05) is 18.6 Å². The summed E-state index contributed by atoms with van der Waals surface area (Å²) in [6.07, 6.45) is 2.72. The van der Waals surface area contributed by atoms with E-state index in [2.05, 4.69) is 54.3 Å². The number of rotatable bonds is 5. The monoisotopic (exact) mass is 275 g/mol. The smallest absolute Gasteiger partial charge is 0.183 e. The lowest BCUT2D eigenvalue weighted by Gasteiger charge is -2.24. The predicted molar refractivity (Wildman–Crippen MR) is 83.1 cm³/mol. The van der Waals surface area contributed by atoms with Gasteiger partial charge < -0.3 is 5.32 Å². The maximum absolute atomic E-state index is 4.65. The van der Waals surface area contributed by atoms with Gasteiger partial charge >= 0.3 is 0 Å². The summed E-state index contributed by atoms with van der Waals surface area (Å²) in [7, 11) is 2.23. The molecule has 1 aromatic carbocycles. The van der Waals surface area contributed by atoms with E-state index in [0.717, 1.165) is 23.2 Å². The van der Waals surface area contributed by atoms with E-state index in [0.29, 0.717) is 6.04 Å². The Kier molecular flexibility index (Phi) is 3.46. The summed E-state index contributed by atoms with van der Waals surface area (Å²) in [6, 6.07) is 7.83. The van der Waals surface area contributed by atoms with E-state index in [1.54, 1.807) is 11.3 Å². The predicted octanol–water partition coefficient (Wildman–Crippen LogP) is 3.50. The van der Waals surface area contributed by atoms with Gasteiger partial charge in [-0.25, -0.2) is 4.98 Å². The number of benzene rings is 1. The summed E-state index contributed by atoms with van der Waals surface area (Å²) in [5.74, 6) is 0. The van der Waals surface area contributed by atoms with Crippen molar-refractivity contribution in [2.75, 3.05) is 18.9 Å². The molecule has 0 bridgehead atoms. The Morgan fingerprint density at radius 3 is 3.00 bits per heavy atom. The molecule has 1 unspecified atom stereocenters. The Morgan fingerprint density at radius 2 is 2.26 bits per heavy atom. The molecule has 1 N–H and O–H groups in total. The molecule has 4 heteroatoms. The van der Waals surface area contributed by atoms with Crippen molar-refractivity contribution in [3.63, 3.8) is 0 Å². The molecular weight excluding hydrogens is 254 g/mol. The number of nitrogens with zero attached hydrogens (tertiary/aromatic N) is 2. The topological polar surface area (TPSA) is 28.2 Å². The van der Waals surface area contributed by atoms with Crippen LogP contribution in [0.1, 0.15) is 25.3 Å². The van der Waals surface area contributed by atoms with Gasteiger partial charge in [0.2, 0.25) is 0 Å². The lowest BCUT2D eigenvalue weighted by atomic mass is 10.2. The van der Waals surface area contributed by atoms with E-state index in [1.165, 1.54) is 23.1 Å². The minimum absolute atomic E-state index is 0.557. The molecule has 102 valence electrons. The molecule has 3 nitrogen and oxygen atoms in total. The molecule has 0 amide bonds. The third-order valence-electron chi connectivity index (χ3n) is 3.91. The molecule has 1 fully saturated rings. The fourth-order valence-corrected chi connectivity index (χ4v) is 3.19. The summed E-state index contributed by atoms with van der Waals surface area (Å²) >= 11 is 1.74. The normalized spacial score (nSPS) is 17.1. The molecule has 0 radical (unpaired) electrons. The second-order valence-electron chi connectivity index (χ2n) is 5.62. The fraction of sp³-hybridized carbons (Fsp3) is 0.533. The van der Waals surface area contributed by atoms with Crippen molar-refractivity contribution in [2.45, 2.75) is 38.8 Å². The molecule has 1 aliphatic carbocycles. The minimum atomic E-state index is 0.557. The van der Waals surface area contributed by atoms with Gasteiger partial charge in [0.1, 0.15) is 0 Å². The van der Waals surface area contributed by atoms with Crippen LogP contribution in [0, 0.1) is 6.92 Å². The van der Waals surface area contributed by atoms with Gasteiger partial charge in [-0.1, -0.05) is 17.4 Å². The number of anilines is 1. The molecule has 19 heavy (non-hydrogen) atoms. The van der Waals surface area contributed by atoms with Gasteiger partial charge in [0.15, 0.2) is 5.13 Å². The lowest BCUT2D eigenvalue weighted by molar-refractivity contribution is 0.257. The van der Waals surface area contributed by atoms with Crippen LogP contribution in [0.5, 0.6) is 0 Å². The largest absolute Gasteiger partial charge is 0.360 e. The molecule has 0 aliphatic heterocycles. The number of aryl methyl sites for hydroxylation is 1. The van der Waals surface area contributed by atoms with Crippen LogP contribution in [0.2, 0.25) is 0 Å². The highest BCUT2D eigenvalue weighted by atomic mass is 32.1. The van der Waals surface area contributed by atoms with E-state index in [1.807, 2.05) is 0 Å². The van der Waals surface area contributed by atoms with Crippen LogP contribution in [-0.4, -0.2) is 35.6 Å². The molecule has 1 aromatic heterocycles. The Hall–Kier alpha value is -1.13. The maximum atomic E-state index is 4.65. The van der Waals surface area contributed by atoms with E-state index in [-0.39, 0.29) is 0 Å². The number of likely N-dealkylation sites (N-methyl/N-ethyl adjacent to an activating group) is 1. The van der Waals surface area contributed by atoms with E-state index < -0.39 is 0 Å². The van der Waals surface area contributed by atoms with Crippen molar-refractivity contribution < 1.29 is 0 Å². The number of thiazole rings is 1. The van der Waals surface area contributed by atoms with Gasteiger partial charge in [-0.05, 0) is 51.4 Å². The van der Waals surface area contributed by atoms with Crippen LogP contribution >= 0.6 is 11.3 Å². The summed E-state index contributed by atoms with van der Waals surface area (Å²) in [4.78, 5) is 7.13. The Morgan fingerprint density at radius 1 is 1.47 bits per heavy atom. The van der Waals surface area contributed by atoms with Crippen molar-refractivity contribution in [3.05, 3.63) is 23.8 Å². The number of aromatic nitrogens is 1. The first-order valence-electron chi connectivity index (χ1n) is 6.96. The number of fused-ring (bicyclic) bond motifs is 1. The Labute approximate surface area is 118 Å². The highest BCUT2D eigenvalue weighted by Gasteiger charge is 2.28. The zero-order chi connectivity index (χ0) is 13.4. The number of nitrogens with one attached hydrogen (secondary N) is 1. The molecule has 3 rings (SSSR count). The molecule has 1 atom stereocenters. The first-order valence-corrected chi connectivity index (χ1v) is 7.78. The second kappa shape index (κ2) is 5.10. The molecule has 1 saturated carbocycles. The van der Waals surface area contributed by atoms with Gasteiger partial charge in [0.25, 0.3) is 0 Å². The fourth-order valence-electron chi connectivity index (χ4n) is 2.33. The van der Waals surface area contributed by atoms with E-state index in [4.69, 9.17) is 0 Å². The van der Waals surface area contributed by atoms with Gasteiger partial charge in [-0.15, -0.1) is 0 Å². The minimum Gasteiger partial charge on any atom is -0.360 e. The third-order valence-corrected chi connectivity index (χ3v) is 4.90. The highest BCUT2D eigenvalue weighted by Crippen LogP contribution is 2.28. The highest BCUT2D eigenvalue weighted by molar-refractivity contribution is 7.22. The average molecular weight is 275 g/mol. The van der Waals surface area contributed by atoms with E-state index >= 15 is 0 Å². The van der Waals surface area contributed by atoms with Crippen LogP contribution in [0.15, 0.2) is 18.2 Å². The third kappa shape index (κ3) is 2.90. The molecular formula is C15H21N3S. The lowest BCUT2D eigenvalue weighted by Crippen LogP contribution is -2.36. The van der Waals surface area contributed by atoms with Crippen LogP contribution in [0.4, 0.5) is 5.13 Å². The summed E-state index contributed by atoms with van der Waals surface area (Å²) in [5, 5.41) is 4.52. The van der Waals surface area contributed by atoms with E-state index in [9.17, 15) is 0 Å². The average Bonchev–Trinajstić information content (AvgIpc) is 3.16. The van der Waals surface area contributed by atoms with Crippen LogP contribution < -0.4 is 5.32 Å². The Balaban J connectivity index is 1.64. The molecule has 1 aliphatic rings. The van der Waals surface area contributed by atoms with Crippen LogP contribution in [0.25, 0.3) is 10.2 Å². The number of hydrogen-bond acceptors (Lipinski definition) is 4. The Bertz CT molecular complexity index is 574. The van der Waals surface area contributed by atoms with Crippen LogP contribution in [0.3, 0.4) is 0 Å². The van der Waals surface area contributed by atoms with Crippen molar-refractivity contribution >= 4 is 26.7 Å². The molecule has 0 saturated heterocycles. The van der Waals surface area contributed by atoms with Gasteiger partial charge in [-0.2, -0.15) is 0 Å². The van der Waals surface area contributed by atoms with Crippen LogP contribution in [-0.2, 0) is 0 Å². The molecule has 0 spiro atoms. The molecule has 1 heterocycles. The zero-order valence-corrected chi connectivity index (χ0v) is 12.6. The SMILES string of the molecule is Cc1ccc2sc(NCC(C)N(C)C3CC3)nc2c1. The van der Waals surface area contributed by atoms with Crippen molar-refractivity contribution in [2.24, 2.45) is 0 Å². The quantitative estimate of drug-likeness (QED) is 0.905. The first kappa shape index (κ1) is 12.9. The molecule has 2 aromatic rings. The van der Waals surface area contributed by atoms with Gasteiger partial charge in [0.05, 0.1) is 10.2 Å². The number of hydrogen-bond donors (Lipinski definition) is 1. The van der Waals surface area contributed by atoms with Crippen molar-refractivity contribution in [3.8, 4) is 0 Å². The summed E-state index contributed by atoms with van der Waals surface area (Å²) < 4.78 is 1.26. The van der Waals surface area contributed by atoms with Gasteiger partial charge in [-0.3, -0.25) is 4.90 Å². The maximum Gasteiger partial charge on any atom is 0.183 e.